The van der Waals surface area contributed by atoms with E-state index < -0.39 is 10.8 Å². The van der Waals surface area contributed by atoms with Gasteiger partial charge in [0.2, 0.25) is 0 Å². The largest absolute Gasteiger partial charge is 0.323 e. The van der Waals surface area contributed by atoms with Gasteiger partial charge in [-0.3, -0.25) is 4.21 Å². The van der Waals surface area contributed by atoms with Crippen molar-refractivity contribution < 1.29 is 4.21 Å². The third-order valence-electron chi connectivity index (χ3n) is 3.97. The van der Waals surface area contributed by atoms with Crippen LogP contribution in [0.25, 0.3) is 0 Å². The van der Waals surface area contributed by atoms with E-state index in [1.54, 1.807) is 0 Å². The normalized spacial score (nSPS) is 21.7. The standard InChI is InChI=1S/C15H23NOS/c1-11-7-9-13(10-8-11)15(16)12(2)18(17)14-5-3-4-6-14/h7-10,12,14-15H,3-6,16H2,1-2H3. The van der Waals surface area contributed by atoms with E-state index in [0.29, 0.717) is 5.25 Å². The summed E-state index contributed by atoms with van der Waals surface area (Å²) in [6.45, 7) is 4.09. The summed E-state index contributed by atoms with van der Waals surface area (Å²) in [7, 11) is -0.801. The van der Waals surface area contributed by atoms with Gasteiger partial charge in [-0.2, -0.15) is 0 Å². The monoisotopic (exact) mass is 265 g/mol. The van der Waals surface area contributed by atoms with Crippen LogP contribution in [-0.4, -0.2) is 14.7 Å². The van der Waals surface area contributed by atoms with Crippen LogP contribution in [0, 0.1) is 6.92 Å². The smallest absolute Gasteiger partial charge is 0.0515 e. The molecule has 0 spiro atoms. The number of hydrogen-bond donors (Lipinski definition) is 1. The average molecular weight is 265 g/mol. The van der Waals surface area contributed by atoms with Gasteiger partial charge in [0.25, 0.3) is 0 Å². The molecule has 100 valence electrons. The molecule has 1 aromatic carbocycles. The fourth-order valence-electron chi connectivity index (χ4n) is 2.63. The van der Waals surface area contributed by atoms with E-state index in [2.05, 4.69) is 31.2 Å². The van der Waals surface area contributed by atoms with E-state index >= 15 is 0 Å². The Hall–Kier alpha value is -0.670. The highest BCUT2D eigenvalue weighted by molar-refractivity contribution is 7.86. The molecule has 3 unspecified atom stereocenters. The predicted molar refractivity (Wildman–Crippen MR) is 78.0 cm³/mol. The van der Waals surface area contributed by atoms with E-state index in [1.807, 2.05) is 6.92 Å². The van der Waals surface area contributed by atoms with Crippen LogP contribution in [0.1, 0.15) is 49.8 Å². The highest BCUT2D eigenvalue weighted by atomic mass is 32.2. The molecule has 3 atom stereocenters. The number of aryl methyl sites for hydroxylation is 1. The first-order chi connectivity index (χ1) is 8.59. The molecule has 0 saturated heterocycles. The van der Waals surface area contributed by atoms with E-state index in [9.17, 15) is 4.21 Å². The number of rotatable bonds is 4. The quantitative estimate of drug-likeness (QED) is 0.909. The lowest BCUT2D eigenvalue weighted by molar-refractivity contribution is 0.629. The molecule has 2 rings (SSSR count). The number of nitrogens with two attached hydrogens (primary N) is 1. The SMILES string of the molecule is Cc1ccc(C(N)C(C)S(=O)C2CCCC2)cc1. The Balaban J connectivity index is 2.05. The van der Waals surface area contributed by atoms with Crippen LogP contribution in [0.15, 0.2) is 24.3 Å². The van der Waals surface area contributed by atoms with Crippen LogP contribution in [0.5, 0.6) is 0 Å². The first-order valence-electron chi connectivity index (χ1n) is 6.81. The Kier molecular flexibility index (Phi) is 4.57. The Morgan fingerprint density at radius 2 is 1.78 bits per heavy atom. The Labute approximate surface area is 112 Å². The molecule has 1 saturated carbocycles. The lowest BCUT2D eigenvalue weighted by atomic mass is 10.0. The van der Waals surface area contributed by atoms with Crippen LogP contribution < -0.4 is 5.73 Å². The fraction of sp³-hybridized carbons (Fsp3) is 0.600. The molecule has 1 aliphatic rings. The average Bonchev–Trinajstić information content (AvgIpc) is 2.91. The number of benzene rings is 1. The molecular weight excluding hydrogens is 242 g/mol. The molecule has 2 N–H and O–H groups in total. The molecule has 1 aliphatic carbocycles. The molecule has 0 aromatic heterocycles. The minimum atomic E-state index is -0.801. The van der Waals surface area contributed by atoms with Crippen molar-refractivity contribution in [3.05, 3.63) is 35.4 Å². The summed E-state index contributed by atoms with van der Waals surface area (Å²) in [4.78, 5) is 0. The van der Waals surface area contributed by atoms with Crippen molar-refractivity contribution >= 4 is 10.8 Å². The van der Waals surface area contributed by atoms with Crippen molar-refractivity contribution in [3.63, 3.8) is 0 Å². The molecule has 0 bridgehead atoms. The highest BCUT2D eigenvalue weighted by Crippen LogP contribution is 2.28. The summed E-state index contributed by atoms with van der Waals surface area (Å²) in [5.41, 5.74) is 8.59. The summed E-state index contributed by atoms with van der Waals surface area (Å²) in [6, 6.07) is 8.14. The van der Waals surface area contributed by atoms with Gasteiger partial charge in [0.1, 0.15) is 0 Å². The van der Waals surface area contributed by atoms with Crippen LogP contribution in [0.4, 0.5) is 0 Å². The van der Waals surface area contributed by atoms with Crippen LogP contribution in [0.2, 0.25) is 0 Å². The molecule has 18 heavy (non-hydrogen) atoms. The van der Waals surface area contributed by atoms with Gasteiger partial charge in [-0.1, -0.05) is 42.7 Å². The third kappa shape index (κ3) is 3.01. The minimum absolute atomic E-state index is 0.0378. The van der Waals surface area contributed by atoms with Crippen LogP contribution in [0.3, 0.4) is 0 Å². The van der Waals surface area contributed by atoms with Crippen LogP contribution in [-0.2, 0) is 10.8 Å². The van der Waals surface area contributed by atoms with E-state index in [0.717, 1.165) is 18.4 Å². The van der Waals surface area contributed by atoms with E-state index in [-0.39, 0.29) is 11.3 Å². The van der Waals surface area contributed by atoms with E-state index in [4.69, 9.17) is 5.73 Å². The molecule has 0 radical (unpaired) electrons. The second kappa shape index (κ2) is 5.98. The Bertz CT molecular complexity index is 409. The molecule has 0 amide bonds. The molecule has 1 aromatic rings. The fourth-order valence-corrected chi connectivity index (χ4v) is 4.48. The lowest BCUT2D eigenvalue weighted by Gasteiger charge is -2.23. The van der Waals surface area contributed by atoms with Crippen molar-refractivity contribution in [1.29, 1.82) is 0 Å². The maximum Gasteiger partial charge on any atom is 0.0515 e. The van der Waals surface area contributed by atoms with Gasteiger partial charge in [-0.15, -0.1) is 0 Å². The molecule has 0 aliphatic heterocycles. The van der Waals surface area contributed by atoms with Gasteiger partial charge < -0.3 is 5.73 Å². The van der Waals surface area contributed by atoms with Crippen molar-refractivity contribution in [2.24, 2.45) is 5.73 Å². The van der Waals surface area contributed by atoms with Crippen molar-refractivity contribution in [2.45, 2.75) is 56.1 Å². The molecule has 3 heteroatoms. The van der Waals surface area contributed by atoms with Crippen molar-refractivity contribution in [1.82, 2.24) is 0 Å². The maximum absolute atomic E-state index is 12.5. The molecule has 0 heterocycles. The van der Waals surface area contributed by atoms with Crippen LogP contribution >= 0.6 is 0 Å². The maximum atomic E-state index is 12.5. The first kappa shape index (κ1) is 13.8. The lowest BCUT2D eigenvalue weighted by Crippen LogP contribution is -2.32. The van der Waals surface area contributed by atoms with Gasteiger partial charge in [0.05, 0.1) is 5.25 Å². The van der Waals surface area contributed by atoms with Gasteiger partial charge in [0.15, 0.2) is 0 Å². The second-order valence-electron chi connectivity index (χ2n) is 5.38. The van der Waals surface area contributed by atoms with E-state index in [1.165, 1.54) is 18.4 Å². The summed E-state index contributed by atoms with van der Waals surface area (Å²) in [6.07, 6.45) is 4.67. The third-order valence-corrected chi connectivity index (χ3v) is 6.12. The predicted octanol–water partition coefficient (Wildman–Crippen LogP) is 3.07. The zero-order chi connectivity index (χ0) is 13.1. The summed E-state index contributed by atoms with van der Waals surface area (Å²) >= 11 is 0. The zero-order valence-electron chi connectivity index (χ0n) is 11.3. The highest BCUT2D eigenvalue weighted by Gasteiger charge is 2.29. The topological polar surface area (TPSA) is 43.1 Å². The molecule has 2 nitrogen and oxygen atoms in total. The van der Waals surface area contributed by atoms with Gasteiger partial charge in [0, 0.05) is 22.1 Å². The summed E-state index contributed by atoms with van der Waals surface area (Å²) < 4.78 is 12.5. The summed E-state index contributed by atoms with van der Waals surface area (Å²) in [5.74, 6) is 0. The zero-order valence-corrected chi connectivity index (χ0v) is 12.1. The van der Waals surface area contributed by atoms with Gasteiger partial charge in [-0.25, -0.2) is 0 Å². The van der Waals surface area contributed by atoms with Gasteiger partial charge in [-0.05, 0) is 32.3 Å². The summed E-state index contributed by atoms with van der Waals surface area (Å²) in [5, 5.41) is 0.410. The van der Waals surface area contributed by atoms with Crippen molar-refractivity contribution in [3.8, 4) is 0 Å². The van der Waals surface area contributed by atoms with Gasteiger partial charge >= 0.3 is 0 Å². The Morgan fingerprint density at radius 3 is 2.33 bits per heavy atom. The Morgan fingerprint density at radius 1 is 1.22 bits per heavy atom. The molecular formula is C15H23NOS. The minimum Gasteiger partial charge on any atom is -0.323 e. The molecule has 1 fully saturated rings. The second-order valence-corrected chi connectivity index (χ2v) is 7.44. The van der Waals surface area contributed by atoms with Crippen molar-refractivity contribution in [2.75, 3.05) is 0 Å². The number of hydrogen-bond acceptors (Lipinski definition) is 2. The first-order valence-corrected chi connectivity index (χ1v) is 8.08.